The third-order valence-corrected chi connectivity index (χ3v) is 2.87. The van der Waals surface area contributed by atoms with Gasteiger partial charge in [0.25, 0.3) is 0 Å². The van der Waals surface area contributed by atoms with Gasteiger partial charge in [-0.05, 0) is 41.3 Å². The zero-order chi connectivity index (χ0) is 12.3. The molecule has 0 atom stereocenters. The number of hydrogen-bond acceptors (Lipinski definition) is 1. The van der Waals surface area contributed by atoms with E-state index in [1.165, 1.54) is 11.1 Å². The van der Waals surface area contributed by atoms with E-state index >= 15 is 0 Å². The Morgan fingerprint density at radius 3 is 2.18 bits per heavy atom. The summed E-state index contributed by atoms with van der Waals surface area (Å²) in [6.45, 7) is 5.81. The van der Waals surface area contributed by atoms with E-state index < -0.39 is 0 Å². The molecule has 0 aliphatic carbocycles. The van der Waals surface area contributed by atoms with Crippen molar-refractivity contribution in [1.29, 1.82) is 0 Å². The van der Waals surface area contributed by atoms with E-state index in [9.17, 15) is 0 Å². The van der Waals surface area contributed by atoms with Crippen molar-refractivity contribution in [2.45, 2.75) is 6.92 Å². The topological polar surface area (TPSA) is 9.23 Å². The van der Waals surface area contributed by atoms with Gasteiger partial charge in [-0.1, -0.05) is 43.0 Å². The smallest absolute Gasteiger partial charge is 0.121 e. The zero-order valence-electron chi connectivity index (χ0n) is 10.2. The van der Waals surface area contributed by atoms with Gasteiger partial charge < -0.3 is 4.74 Å². The highest BCUT2D eigenvalue weighted by molar-refractivity contribution is 5.67. The Hall–Kier alpha value is -2.02. The Labute approximate surface area is 102 Å². The molecular formula is C16H16O. The molecule has 0 aliphatic rings. The van der Waals surface area contributed by atoms with Crippen molar-refractivity contribution in [2.24, 2.45) is 0 Å². The van der Waals surface area contributed by atoms with Crippen LogP contribution in [-0.4, -0.2) is 7.11 Å². The predicted octanol–water partition coefficient (Wildman–Crippen LogP) is 4.31. The standard InChI is InChI=1S/C16H16O/c1-4-13-5-7-14(8-6-13)15-9-10-16(17-3)12(2)11-15/h4-11H,1H2,2-3H3. The molecule has 2 aromatic rings. The van der Waals surface area contributed by atoms with Crippen LogP contribution in [0.25, 0.3) is 17.2 Å². The normalized spacial score (nSPS) is 10.0. The second-order valence-corrected chi connectivity index (χ2v) is 4.01. The van der Waals surface area contributed by atoms with Gasteiger partial charge in [0.1, 0.15) is 5.75 Å². The number of benzene rings is 2. The van der Waals surface area contributed by atoms with Crippen molar-refractivity contribution in [2.75, 3.05) is 7.11 Å². The fourth-order valence-electron chi connectivity index (χ4n) is 1.87. The highest BCUT2D eigenvalue weighted by Gasteiger charge is 2.01. The molecule has 0 heterocycles. The van der Waals surface area contributed by atoms with Gasteiger partial charge in [-0.3, -0.25) is 0 Å². The maximum atomic E-state index is 5.26. The van der Waals surface area contributed by atoms with Crippen molar-refractivity contribution in [3.63, 3.8) is 0 Å². The number of hydrogen-bond donors (Lipinski definition) is 0. The van der Waals surface area contributed by atoms with Crippen LogP contribution in [0, 0.1) is 6.92 Å². The first-order valence-electron chi connectivity index (χ1n) is 5.62. The van der Waals surface area contributed by atoms with Crippen molar-refractivity contribution in [3.05, 3.63) is 60.2 Å². The van der Waals surface area contributed by atoms with Gasteiger partial charge >= 0.3 is 0 Å². The van der Waals surface area contributed by atoms with Gasteiger partial charge in [-0.25, -0.2) is 0 Å². The summed E-state index contributed by atoms with van der Waals surface area (Å²) < 4.78 is 5.26. The van der Waals surface area contributed by atoms with Crippen LogP contribution >= 0.6 is 0 Å². The molecule has 1 heteroatoms. The Morgan fingerprint density at radius 2 is 1.65 bits per heavy atom. The van der Waals surface area contributed by atoms with E-state index in [1.807, 2.05) is 12.1 Å². The molecule has 0 saturated heterocycles. The zero-order valence-corrected chi connectivity index (χ0v) is 10.2. The monoisotopic (exact) mass is 224 g/mol. The highest BCUT2D eigenvalue weighted by atomic mass is 16.5. The first kappa shape index (κ1) is 11.5. The van der Waals surface area contributed by atoms with Crippen molar-refractivity contribution in [1.82, 2.24) is 0 Å². The molecule has 0 bridgehead atoms. The quantitative estimate of drug-likeness (QED) is 0.754. The molecule has 2 aromatic carbocycles. The molecular weight excluding hydrogens is 208 g/mol. The van der Waals surface area contributed by atoms with Gasteiger partial charge in [-0.15, -0.1) is 0 Å². The molecule has 0 N–H and O–H groups in total. The van der Waals surface area contributed by atoms with Crippen LogP contribution in [0.3, 0.4) is 0 Å². The molecule has 1 nitrogen and oxygen atoms in total. The Bertz CT molecular complexity index is 524. The van der Waals surface area contributed by atoms with E-state index in [2.05, 4.69) is 49.9 Å². The lowest BCUT2D eigenvalue weighted by Crippen LogP contribution is -1.87. The summed E-state index contributed by atoms with van der Waals surface area (Å²) in [6, 6.07) is 14.6. The number of methoxy groups -OCH3 is 1. The molecule has 0 saturated carbocycles. The van der Waals surface area contributed by atoms with E-state index in [-0.39, 0.29) is 0 Å². The molecule has 17 heavy (non-hydrogen) atoms. The number of aryl methyl sites for hydroxylation is 1. The van der Waals surface area contributed by atoms with Crippen LogP contribution in [0.15, 0.2) is 49.0 Å². The van der Waals surface area contributed by atoms with Crippen LogP contribution < -0.4 is 4.74 Å². The summed E-state index contributed by atoms with van der Waals surface area (Å²) >= 11 is 0. The summed E-state index contributed by atoms with van der Waals surface area (Å²) in [7, 11) is 1.70. The van der Waals surface area contributed by atoms with Gasteiger partial charge in [0, 0.05) is 0 Å². The summed E-state index contributed by atoms with van der Waals surface area (Å²) in [5, 5.41) is 0. The fraction of sp³-hybridized carbons (Fsp3) is 0.125. The minimum Gasteiger partial charge on any atom is -0.496 e. The SMILES string of the molecule is C=Cc1ccc(-c2ccc(OC)c(C)c2)cc1. The molecule has 2 rings (SSSR count). The van der Waals surface area contributed by atoms with Gasteiger partial charge in [0.2, 0.25) is 0 Å². The second kappa shape index (κ2) is 4.88. The molecule has 0 aromatic heterocycles. The summed E-state index contributed by atoms with van der Waals surface area (Å²) in [6.07, 6.45) is 1.85. The number of ether oxygens (including phenoxy) is 1. The summed E-state index contributed by atoms with van der Waals surface area (Å²) in [4.78, 5) is 0. The van der Waals surface area contributed by atoms with Gasteiger partial charge in [0.05, 0.1) is 7.11 Å². The highest BCUT2D eigenvalue weighted by Crippen LogP contribution is 2.26. The lowest BCUT2D eigenvalue weighted by Gasteiger charge is -2.07. The minimum atomic E-state index is 0.927. The maximum absolute atomic E-state index is 5.26. The van der Waals surface area contributed by atoms with Crippen molar-refractivity contribution in [3.8, 4) is 16.9 Å². The van der Waals surface area contributed by atoms with Crippen LogP contribution in [0.2, 0.25) is 0 Å². The van der Waals surface area contributed by atoms with E-state index in [0.717, 1.165) is 16.9 Å². The lowest BCUT2D eigenvalue weighted by molar-refractivity contribution is 0.412. The number of rotatable bonds is 3. The third-order valence-electron chi connectivity index (χ3n) is 2.87. The van der Waals surface area contributed by atoms with Crippen LogP contribution in [0.5, 0.6) is 5.75 Å². The van der Waals surface area contributed by atoms with Crippen molar-refractivity contribution < 1.29 is 4.74 Å². The predicted molar refractivity (Wildman–Crippen MR) is 73.3 cm³/mol. The fourth-order valence-corrected chi connectivity index (χ4v) is 1.87. The molecule has 0 spiro atoms. The molecule has 0 aliphatic heterocycles. The maximum Gasteiger partial charge on any atom is 0.121 e. The van der Waals surface area contributed by atoms with Gasteiger partial charge in [0.15, 0.2) is 0 Å². The molecule has 0 unspecified atom stereocenters. The first-order chi connectivity index (χ1) is 8.24. The first-order valence-corrected chi connectivity index (χ1v) is 5.62. The van der Waals surface area contributed by atoms with Crippen LogP contribution in [-0.2, 0) is 0 Å². The van der Waals surface area contributed by atoms with E-state index in [4.69, 9.17) is 4.74 Å². The van der Waals surface area contributed by atoms with Crippen molar-refractivity contribution >= 4 is 6.08 Å². The second-order valence-electron chi connectivity index (χ2n) is 4.01. The lowest BCUT2D eigenvalue weighted by atomic mass is 10.0. The Kier molecular flexibility index (Phi) is 3.29. The van der Waals surface area contributed by atoms with E-state index in [0.29, 0.717) is 0 Å². The Morgan fingerprint density at radius 1 is 1.00 bits per heavy atom. The molecule has 0 radical (unpaired) electrons. The largest absolute Gasteiger partial charge is 0.496 e. The average Bonchev–Trinajstić information content (AvgIpc) is 2.39. The molecule has 86 valence electrons. The van der Waals surface area contributed by atoms with Crippen LogP contribution in [0.1, 0.15) is 11.1 Å². The van der Waals surface area contributed by atoms with Gasteiger partial charge in [-0.2, -0.15) is 0 Å². The third kappa shape index (κ3) is 2.39. The van der Waals surface area contributed by atoms with E-state index in [1.54, 1.807) is 7.11 Å². The Balaban J connectivity index is 2.38. The molecule has 0 fully saturated rings. The average molecular weight is 224 g/mol. The summed E-state index contributed by atoms with van der Waals surface area (Å²) in [5.74, 6) is 0.927. The molecule has 0 amide bonds. The van der Waals surface area contributed by atoms with Crippen LogP contribution in [0.4, 0.5) is 0 Å². The minimum absolute atomic E-state index is 0.927. The summed E-state index contributed by atoms with van der Waals surface area (Å²) in [5.41, 5.74) is 4.71.